The van der Waals surface area contributed by atoms with Crippen molar-refractivity contribution < 1.29 is 0 Å². The number of hydrogen-bond donors (Lipinski definition) is 1. The fraction of sp³-hybridized carbons (Fsp3) is 0.0833. The minimum Gasteiger partial charge on any atom is -0.306 e. The summed E-state index contributed by atoms with van der Waals surface area (Å²) >= 11 is 3.40. The predicted octanol–water partition coefficient (Wildman–Crippen LogP) is 2.09. The van der Waals surface area contributed by atoms with E-state index in [0.717, 1.165) is 10.0 Å². The van der Waals surface area contributed by atoms with Crippen molar-refractivity contribution in [1.29, 1.82) is 0 Å². The molecule has 0 spiro atoms. The minimum absolute atomic E-state index is 0.178. The highest BCUT2D eigenvalue weighted by Crippen LogP contribution is 2.20. The molecule has 90 valence electrons. The van der Waals surface area contributed by atoms with Gasteiger partial charge in [-0.25, -0.2) is 4.98 Å². The second kappa shape index (κ2) is 4.06. The Hall–Kier alpha value is -1.95. The Balaban J connectivity index is 2.30. The molecule has 3 aromatic rings. The van der Waals surface area contributed by atoms with E-state index in [0.29, 0.717) is 16.9 Å². The summed E-state index contributed by atoms with van der Waals surface area (Å²) in [5, 5.41) is 4.53. The highest BCUT2D eigenvalue weighted by molar-refractivity contribution is 9.10. The van der Waals surface area contributed by atoms with Gasteiger partial charge in [-0.2, -0.15) is 5.10 Å². The van der Waals surface area contributed by atoms with Gasteiger partial charge < -0.3 is 4.98 Å². The van der Waals surface area contributed by atoms with Gasteiger partial charge in [-0.1, -0.05) is 28.1 Å². The number of H-pyrrole nitrogens is 1. The third-order valence-corrected chi connectivity index (χ3v) is 3.19. The van der Waals surface area contributed by atoms with E-state index in [9.17, 15) is 4.79 Å². The van der Waals surface area contributed by atoms with Crippen molar-refractivity contribution in [3.63, 3.8) is 0 Å². The monoisotopic (exact) mass is 304 g/mol. The Bertz CT molecular complexity index is 790. The van der Waals surface area contributed by atoms with Crippen LogP contribution in [0, 0.1) is 0 Å². The van der Waals surface area contributed by atoms with Crippen LogP contribution in [-0.2, 0) is 7.05 Å². The number of aryl methyl sites for hydroxylation is 1. The Kier molecular flexibility index (Phi) is 2.52. The molecule has 0 bridgehead atoms. The first kappa shape index (κ1) is 11.2. The molecule has 0 radical (unpaired) electrons. The third kappa shape index (κ3) is 1.74. The average Bonchev–Trinajstić information content (AvgIpc) is 2.72. The van der Waals surface area contributed by atoms with Crippen LogP contribution in [0.2, 0.25) is 0 Å². The van der Waals surface area contributed by atoms with Gasteiger partial charge in [-0.3, -0.25) is 9.48 Å². The number of halogens is 1. The van der Waals surface area contributed by atoms with Gasteiger partial charge in [0.15, 0.2) is 5.65 Å². The van der Waals surface area contributed by atoms with E-state index >= 15 is 0 Å². The first-order chi connectivity index (χ1) is 8.65. The quantitative estimate of drug-likeness (QED) is 0.749. The zero-order valence-corrected chi connectivity index (χ0v) is 11.1. The molecule has 0 unspecified atom stereocenters. The van der Waals surface area contributed by atoms with Crippen LogP contribution >= 0.6 is 15.9 Å². The van der Waals surface area contributed by atoms with Crippen molar-refractivity contribution in [2.45, 2.75) is 0 Å². The van der Waals surface area contributed by atoms with E-state index in [1.54, 1.807) is 11.7 Å². The molecule has 0 aliphatic carbocycles. The molecule has 0 aliphatic rings. The van der Waals surface area contributed by atoms with Gasteiger partial charge >= 0.3 is 0 Å². The fourth-order valence-electron chi connectivity index (χ4n) is 1.81. The first-order valence-corrected chi connectivity index (χ1v) is 6.12. The lowest BCUT2D eigenvalue weighted by atomic mass is 10.2. The van der Waals surface area contributed by atoms with Crippen LogP contribution in [-0.4, -0.2) is 19.7 Å². The molecule has 5 nitrogen and oxygen atoms in total. The van der Waals surface area contributed by atoms with Crippen LogP contribution in [0.25, 0.3) is 22.4 Å². The van der Waals surface area contributed by atoms with E-state index in [-0.39, 0.29) is 5.56 Å². The van der Waals surface area contributed by atoms with E-state index in [1.807, 2.05) is 24.3 Å². The highest BCUT2D eigenvalue weighted by Gasteiger charge is 2.09. The van der Waals surface area contributed by atoms with Gasteiger partial charge in [-0.05, 0) is 12.1 Å². The Morgan fingerprint density at radius 3 is 3.00 bits per heavy atom. The number of nitrogens with zero attached hydrogens (tertiary/aromatic N) is 3. The number of aromatic amines is 1. The van der Waals surface area contributed by atoms with Crippen LogP contribution in [0.5, 0.6) is 0 Å². The topological polar surface area (TPSA) is 63.6 Å². The summed E-state index contributed by atoms with van der Waals surface area (Å²) in [5.41, 5.74) is 1.25. The zero-order chi connectivity index (χ0) is 12.7. The molecule has 0 fully saturated rings. The second-order valence-corrected chi connectivity index (χ2v) is 4.85. The SMILES string of the molecule is Cn1ncc2c(=O)[nH]c(-c3cccc(Br)c3)nc21. The predicted molar refractivity (Wildman–Crippen MR) is 72.3 cm³/mol. The van der Waals surface area contributed by atoms with Gasteiger partial charge in [0.2, 0.25) is 0 Å². The summed E-state index contributed by atoms with van der Waals surface area (Å²) in [6.07, 6.45) is 1.52. The lowest BCUT2D eigenvalue weighted by molar-refractivity contribution is 0.785. The van der Waals surface area contributed by atoms with Crippen molar-refractivity contribution in [1.82, 2.24) is 19.7 Å². The number of nitrogens with one attached hydrogen (secondary N) is 1. The standard InChI is InChI=1S/C12H9BrN4O/c1-17-11-9(6-14-17)12(18)16-10(15-11)7-3-2-4-8(13)5-7/h2-6H,1H3,(H,15,16,18). The van der Waals surface area contributed by atoms with Crippen LogP contribution in [0.3, 0.4) is 0 Å². The van der Waals surface area contributed by atoms with Gasteiger partial charge in [0.05, 0.1) is 6.20 Å². The zero-order valence-electron chi connectivity index (χ0n) is 9.51. The molecule has 3 rings (SSSR count). The molecule has 0 saturated heterocycles. The highest BCUT2D eigenvalue weighted by atomic mass is 79.9. The molecule has 18 heavy (non-hydrogen) atoms. The summed E-state index contributed by atoms with van der Waals surface area (Å²) in [6, 6.07) is 7.61. The lowest BCUT2D eigenvalue weighted by Gasteiger charge is -2.02. The summed E-state index contributed by atoms with van der Waals surface area (Å²) in [6.45, 7) is 0. The van der Waals surface area contributed by atoms with Crippen molar-refractivity contribution >= 4 is 27.0 Å². The van der Waals surface area contributed by atoms with E-state index in [4.69, 9.17) is 0 Å². The second-order valence-electron chi connectivity index (χ2n) is 3.93. The Morgan fingerprint density at radius 1 is 1.39 bits per heavy atom. The average molecular weight is 305 g/mol. The molecule has 0 saturated carbocycles. The molecule has 6 heteroatoms. The van der Waals surface area contributed by atoms with Crippen LogP contribution in [0.1, 0.15) is 0 Å². The minimum atomic E-state index is -0.178. The maximum Gasteiger partial charge on any atom is 0.262 e. The molecule has 1 N–H and O–H groups in total. The van der Waals surface area contributed by atoms with Crippen molar-refractivity contribution in [2.24, 2.45) is 7.05 Å². The van der Waals surface area contributed by atoms with Crippen LogP contribution in [0.4, 0.5) is 0 Å². The van der Waals surface area contributed by atoms with Gasteiger partial charge in [-0.15, -0.1) is 0 Å². The summed E-state index contributed by atoms with van der Waals surface area (Å²) in [5.74, 6) is 0.539. The number of aromatic nitrogens is 4. The lowest BCUT2D eigenvalue weighted by Crippen LogP contribution is -2.09. The molecule has 1 aromatic carbocycles. The number of rotatable bonds is 1. The van der Waals surface area contributed by atoms with E-state index < -0.39 is 0 Å². The fourth-order valence-corrected chi connectivity index (χ4v) is 2.20. The summed E-state index contributed by atoms with van der Waals surface area (Å²) in [4.78, 5) is 19.1. The maximum atomic E-state index is 11.9. The maximum absolute atomic E-state index is 11.9. The first-order valence-electron chi connectivity index (χ1n) is 5.33. The van der Waals surface area contributed by atoms with Crippen LogP contribution in [0.15, 0.2) is 39.7 Å². The normalized spacial score (nSPS) is 11.0. The third-order valence-electron chi connectivity index (χ3n) is 2.70. The van der Waals surface area contributed by atoms with Crippen molar-refractivity contribution in [2.75, 3.05) is 0 Å². The van der Waals surface area contributed by atoms with Gasteiger partial charge in [0.1, 0.15) is 11.2 Å². The van der Waals surface area contributed by atoms with E-state index in [2.05, 4.69) is 31.0 Å². The smallest absolute Gasteiger partial charge is 0.262 e. The molecule has 0 amide bonds. The number of benzene rings is 1. The van der Waals surface area contributed by atoms with Gasteiger partial charge in [0, 0.05) is 17.1 Å². The molecular formula is C12H9BrN4O. The van der Waals surface area contributed by atoms with Crippen molar-refractivity contribution in [3.8, 4) is 11.4 Å². The largest absolute Gasteiger partial charge is 0.306 e. The van der Waals surface area contributed by atoms with Gasteiger partial charge in [0.25, 0.3) is 5.56 Å². The number of fused-ring (bicyclic) bond motifs is 1. The molecule has 2 heterocycles. The molecule has 0 aliphatic heterocycles. The summed E-state index contributed by atoms with van der Waals surface area (Å²) in [7, 11) is 1.76. The van der Waals surface area contributed by atoms with Crippen LogP contribution < -0.4 is 5.56 Å². The Morgan fingerprint density at radius 2 is 2.22 bits per heavy atom. The number of hydrogen-bond acceptors (Lipinski definition) is 3. The molecule has 2 aromatic heterocycles. The van der Waals surface area contributed by atoms with E-state index in [1.165, 1.54) is 6.20 Å². The summed E-state index contributed by atoms with van der Waals surface area (Å²) < 4.78 is 2.53. The molecular weight excluding hydrogens is 296 g/mol. The Labute approximate surface area is 111 Å². The molecule has 0 atom stereocenters. The van der Waals surface area contributed by atoms with Crippen molar-refractivity contribution in [3.05, 3.63) is 45.3 Å².